The monoisotopic (exact) mass is 519 g/mol. The molecule has 0 unspecified atom stereocenters. The van der Waals surface area contributed by atoms with Crippen molar-refractivity contribution in [1.82, 2.24) is 0 Å². The molecule has 0 aliphatic carbocycles. The molecule has 0 radical (unpaired) electrons. The second kappa shape index (κ2) is 13.7. The molecule has 0 fully saturated rings. The first-order valence-corrected chi connectivity index (χ1v) is 11.4. The number of nitrogens with zero attached hydrogens (tertiary/aromatic N) is 1. The molecule has 0 aliphatic heterocycles. The van der Waals surface area contributed by atoms with Crippen LogP contribution in [-0.2, 0) is 0 Å². The molecular weight excluding hydrogens is 494 g/mol. The lowest BCUT2D eigenvalue weighted by Crippen LogP contribution is -2.24. The molecule has 3 rings (SSSR count). The highest BCUT2D eigenvalue weighted by atomic mass is 79.9. The van der Waals surface area contributed by atoms with Crippen LogP contribution in [-0.4, -0.2) is 40.5 Å². The summed E-state index contributed by atoms with van der Waals surface area (Å²) in [4.78, 5) is 2.10. The molecule has 5 nitrogen and oxygen atoms in total. The molecule has 0 amide bonds. The van der Waals surface area contributed by atoms with Crippen molar-refractivity contribution in [2.24, 2.45) is 0 Å². The summed E-state index contributed by atoms with van der Waals surface area (Å²) in [6.07, 6.45) is 0. The smallest absolute Gasteiger partial charge is 0.149 e. The van der Waals surface area contributed by atoms with Gasteiger partial charge in [0.25, 0.3) is 0 Å². The molecule has 34 heavy (non-hydrogen) atoms. The van der Waals surface area contributed by atoms with Crippen molar-refractivity contribution in [3.63, 3.8) is 0 Å². The summed E-state index contributed by atoms with van der Waals surface area (Å²) in [7, 11) is 3.27. The number of methoxy groups -OCH3 is 2. The Morgan fingerprint density at radius 2 is 1.00 bits per heavy atom. The van der Waals surface area contributed by atoms with E-state index in [0.717, 1.165) is 33.2 Å². The Bertz CT molecular complexity index is 1070. The van der Waals surface area contributed by atoms with Gasteiger partial charge in [0.15, 0.2) is 0 Å². The zero-order valence-corrected chi connectivity index (χ0v) is 20.8. The number of benzene rings is 3. The average Bonchev–Trinajstić information content (AvgIpc) is 2.88. The Balaban J connectivity index is 1.52. The van der Waals surface area contributed by atoms with Gasteiger partial charge in [-0.15, -0.1) is 0 Å². The molecule has 0 saturated carbocycles. The predicted octanol–water partition coefficient (Wildman–Crippen LogP) is 5.44. The minimum Gasteiger partial charge on any atom is -0.497 e. The van der Waals surface area contributed by atoms with Crippen molar-refractivity contribution in [2.75, 3.05) is 45.4 Å². The van der Waals surface area contributed by atoms with Gasteiger partial charge in [-0.25, -0.2) is 0 Å². The van der Waals surface area contributed by atoms with E-state index in [-0.39, 0.29) is 0 Å². The molecule has 0 spiro atoms. The topological polar surface area (TPSA) is 40.2 Å². The van der Waals surface area contributed by atoms with E-state index in [1.165, 1.54) is 0 Å². The predicted molar refractivity (Wildman–Crippen MR) is 139 cm³/mol. The molecule has 0 N–H and O–H groups in total. The van der Waals surface area contributed by atoms with Gasteiger partial charge in [0.1, 0.15) is 36.2 Å². The largest absolute Gasteiger partial charge is 0.497 e. The maximum Gasteiger partial charge on any atom is 0.149 e. The van der Waals surface area contributed by atoms with Gasteiger partial charge in [-0.2, -0.15) is 0 Å². The third-order valence-corrected chi connectivity index (χ3v) is 5.25. The van der Waals surface area contributed by atoms with Crippen LogP contribution in [0.2, 0.25) is 0 Å². The normalized spacial score (nSPS) is 9.62. The summed E-state index contributed by atoms with van der Waals surface area (Å²) in [5.74, 6) is 15.6. The van der Waals surface area contributed by atoms with Crippen LogP contribution in [0.15, 0.2) is 77.3 Å². The highest BCUT2D eigenvalue weighted by molar-refractivity contribution is 9.10. The van der Waals surface area contributed by atoms with Gasteiger partial charge in [0.05, 0.1) is 27.3 Å². The lowest BCUT2D eigenvalue weighted by atomic mass is 10.3. The molecule has 0 aromatic heterocycles. The Morgan fingerprint density at radius 1 is 0.588 bits per heavy atom. The Labute approximate surface area is 209 Å². The molecule has 0 aliphatic rings. The molecule has 3 aromatic rings. The van der Waals surface area contributed by atoms with E-state index < -0.39 is 0 Å². The second-order valence-corrected chi connectivity index (χ2v) is 7.88. The Kier molecular flexibility index (Phi) is 10.1. The first kappa shape index (κ1) is 24.9. The number of halogens is 1. The number of anilines is 1. The average molecular weight is 520 g/mol. The Morgan fingerprint density at radius 3 is 1.41 bits per heavy atom. The number of ether oxygens (including phenoxy) is 4. The van der Waals surface area contributed by atoms with Gasteiger partial charge in [0, 0.05) is 10.2 Å². The minimum absolute atomic E-state index is 0.307. The molecule has 3 aromatic carbocycles. The highest BCUT2D eigenvalue weighted by Gasteiger charge is 2.03. The first-order chi connectivity index (χ1) is 16.7. The van der Waals surface area contributed by atoms with Crippen molar-refractivity contribution in [1.29, 1.82) is 0 Å². The van der Waals surface area contributed by atoms with Crippen LogP contribution >= 0.6 is 15.9 Å². The van der Waals surface area contributed by atoms with Crippen LogP contribution in [0.5, 0.6) is 23.0 Å². The van der Waals surface area contributed by atoms with Crippen LogP contribution in [0.1, 0.15) is 0 Å². The molecule has 0 atom stereocenters. The molecule has 0 bridgehead atoms. The number of hydrogen-bond donors (Lipinski definition) is 0. The molecular formula is C28H26BrNO4. The summed E-state index contributed by atoms with van der Waals surface area (Å²) in [5.41, 5.74) is 1.04. The van der Waals surface area contributed by atoms with Crippen LogP contribution < -0.4 is 23.8 Å². The third kappa shape index (κ3) is 8.31. The Hall–Kier alpha value is -3.74. The van der Waals surface area contributed by atoms with Gasteiger partial charge in [0.2, 0.25) is 0 Å². The van der Waals surface area contributed by atoms with Crippen LogP contribution in [0.3, 0.4) is 0 Å². The summed E-state index contributed by atoms with van der Waals surface area (Å²) in [5, 5.41) is 0. The standard InChI is InChI=1S/C28H26BrNO4/c1-31-25-11-15-27(16-12-25)33-21-5-3-19-30(24-9-7-23(29)8-10-24)20-4-6-22-34-28-17-13-26(32-2)14-18-28/h7-18H,19-22H2,1-2H3. The van der Waals surface area contributed by atoms with Crippen molar-refractivity contribution in [3.8, 4) is 46.7 Å². The van der Waals surface area contributed by atoms with Crippen LogP contribution in [0.25, 0.3) is 0 Å². The summed E-state index contributed by atoms with van der Waals surface area (Å²) >= 11 is 3.48. The zero-order valence-electron chi connectivity index (χ0n) is 19.2. The van der Waals surface area contributed by atoms with Gasteiger partial charge in [-0.05, 0) is 72.8 Å². The van der Waals surface area contributed by atoms with Gasteiger partial charge >= 0.3 is 0 Å². The fourth-order valence-corrected chi connectivity index (χ4v) is 3.14. The van der Waals surface area contributed by atoms with E-state index in [4.69, 9.17) is 18.9 Å². The van der Waals surface area contributed by atoms with Crippen molar-refractivity contribution < 1.29 is 18.9 Å². The molecule has 6 heteroatoms. The fraction of sp³-hybridized carbons (Fsp3) is 0.214. The van der Waals surface area contributed by atoms with E-state index in [1.807, 2.05) is 72.8 Å². The highest BCUT2D eigenvalue weighted by Crippen LogP contribution is 2.19. The number of hydrogen-bond acceptors (Lipinski definition) is 5. The second-order valence-electron chi connectivity index (χ2n) is 6.97. The lowest BCUT2D eigenvalue weighted by Gasteiger charge is -2.19. The SMILES string of the molecule is COc1ccc(OCC#CCN(CC#CCOc2ccc(OC)cc2)c2ccc(Br)cc2)cc1. The quantitative estimate of drug-likeness (QED) is 0.352. The molecule has 0 saturated heterocycles. The summed E-state index contributed by atoms with van der Waals surface area (Å²) in [6.45, 7) is 1.67. The van der Waals surface area contributed by atoms with E-state index >= 15 is 0 Å². The van der Waals surface area contributed by atoms with Crippen LogP contribution in [0.4, 0.5) is 5.69 Å². The van der Waals surface area contributed by atoms with Gasteiger partial charge in [-0.3, -0.25) is 0 Å². The van der Waals surface area contributed by atoms with Crippen LogP contribution in [0, 0.1) is 23.7 Å². The maximum atomic E-state index is 5.67. The van der Waals surface area contributed by atoms with E-state index in [1.54, 1.807) is 14.2 Å². The van der Waals surface area contributed by atoms with E-state index in [9.17, 15) is 0 Å². The summed E-state index contributed by atoms with van der Waals surface area (Å²) in [6, 6.07) is 22.9. The lowest BCUT2D eigenvalue weighted by molar-refractivity contribution is 0.367. The van der Waals surface area contributed by atoms with E-state index in [2.05, 4.69) is 44.5 Å². The molecule has 0 heterocycles. The number of rotatable bonds is 9. The van der Waals surface area contributed by atoms with Crippen molar-refractivity contribution in [3.05, 3.63) is 77.3 Å². The minimum atomic E-state index is 0.307. The molecule has 174 valence electrons. The van der Waals surface area contributed by atoms with Gasteiger partial charge in [-0.1, -0.05) is 39.6 Å². The third-order valence-electron chi connectivity index (χ3n) is 4.72. The van der Waals surface area contributed by atoms with Crippen molar-refractivity contribution in [2.45, 2.75) is 0 Å². The first-order valence-electron chi connectivity index (χ1n) is 10.6. The zero-order chi connectivity index (χ0) is 24.0. The fourth-order valence-electron chi connectivity index (χ4n) is 2.88. The van der Waals surface area contributed by atoms with E-state index in [0.29, 0.717) is 26.3 Å². The van der Waals surface area contributed by atoms with Crippen molar-refractivity contribution >= 4 is 21.6 Å². The maximum absolute atomic E-state index is 5.67. The summed E-state index contributed by atoms with van der Waals surface area (Å²) < 4.78 is 22.7. The van der Waals surface area contributed by atoms with Gasteiger partial charge < -0.3 is 23.8 Å².